The molecule has 1 aromatic rings. The van der Waals surface area contributed by atoms with Crippen molar-refractivity contribution in [2.45, 2.75) is 47.1 Å². The van der Waals surface area contributed by atoms with Gasteiger partial charge < -0.3 is 5.32 Å². The molecule has 1 atom stereocenters. The normalized spacial score (nSPS) is 14.2. The molecule has 0 aliphatic rings. The van der Waals surface area contributed by atoms with Gasteiger partial charge in [0.15, 0.2) is 0 Å². The summed E-state index contributed by atoms with van der Waals surface area (Å²) in [5.41, 5.74) is 1.26. The Morgan fingerprint density at radius 2 is 2.07 bits per heavy atom. The van der Waals surface area contributed by atoms with E-state index in [2.05, 4.69) is 42.6 Å². The number of rotatable bonds is 4. The summed E-state index contributed by atoms with van der Waals surface area (Å²) in [7, 11) is 0. The molecule has 1 N–H and O–H groups in total. The molecule has 0 spiro atoms. The fourth-order valence-electron chi connectivity index (χ4n) is 1.58. The molecule has 1 aromatic heterocycles. The Morgan fingerprint density at radius 3 is 2.47 bits per heavy atom. The topological polar surface area (TPSA) is 37.8 Å². The molecule has 0 aromatic carbocycles. The molecule has 0 fully saturated rings. The molecule has 0 radical (unpaired) electrons. The predicted octanol–water partition coefficient (Wildman–Crippen LogP) is 2.93. The van der Waals surface area contributed by atoms with Gasteiger partial charge in [-0.1, -0.05) is 32.2 Å². The smallest absolute Gasteiger partial charge is 0.0773 e. The zero-order chi connectivity index (χ0) is 11.5. The first-order valence-electron chi connectivity index (χ1n) is 5.49. The molecule has 0 saturated carbocycles. The molecule has 0 amide bonds. The van der Waals surface area contributed by atoms with E-state index in [1.54, 1.807) is 0 Å². The monoisotopic (exact) mass is 227 g/mol. The minimum Gasteiger partial charge on any atom is -0.309 e. The van der Waals surface area contributed by atoms with E-state index in [4.69, 9.17) is 0 Å². The number of nitrogens with one attached hydrogen (secondary N) is 1. The van der Waals surface area contributed by atoms with Crippen molar-refractivity contribution in [1.82, 2.24) is 14.9 Å². The van der Waals surface area contributed by atoms with Crippen LogP contribution in [0.1, 0.15) is 50.7 Å². The fourth-order valence-corrected chi connectivity index (χ4v) is 2.55. The van der Waals surface area contributed by atoms with Crippen LogP contribution in [-0.2, 0) is 0 Å². The fraction of sp³-hybridized carbons (Fsp3) is 0.818. The van der Waals surface area contributed by atoms with E-state index in [-0.39, 0.29) is 5.41 Å². The van der Waals surface area contributed by atoms with Crippen molar-refractivity contribution in [3.8, 4) is 0 Å². The van der Waals surface area contributed by atoms with Crippen molar-refractivity contribution in [3.05, 3.63) is 10.6 Å². The first kappa shape index (κ1) is 12.6. The molecule has 15 heavy (non-hydrogen) atoms. The van der Waals surface area contributed by atoms with Crippen LogP contribution in [0.2, 0.25) is 0 Å². The predicted molar refractivity (Wildman–Crippen MR) is 65.1 cm³/mol. The van der Waals surface area contributed by atoms with E-state index in [1.807, 2.05) is 6.92 Å². The van der Waals surface area contributed by atoms with Crippen LogP contribution in [0.3, 0.4) is 0 Å². The second-order valence-electron chi connectivity index (χ2n) is 4.98. The van der Waals surface area contributed by atoms with Crippen molar-refractivity contribution in [1.29, 1.82) is 0 Å². The third kappa shape index (κ3) is 3.24. The average Bonchev–Trinajstić information content (AvgIpc) is 2.51. The van der Waals surface area contributed by atoms with Gasteiger partial charge in [0.05, 0.1) is 10.6 Å². The van der Waals surface area contributed by atoms with Crippen molar-refractivity contribution < 1.29 is 0 Å². The van der Waals surface area contributed by atoms with E-state index in [0.717, 1.165) is 18.7 Å². The number of hydrogen-bond donors (Lipinski definition) is 1. The van der Waals surface area contributed by atoms with Gasteiger partial charge in [-0.3, -0.25) is 0 Å². The molecule has 1 heterocycles. The second-order valence-corrected chi connectivity index (χ2v) is 5.76. The van der Waals surface area contributed by atoms with Gasteiger partial charge in [-0.2, -0.15) is 0 Å². The number of nitrogens with zero attached hydrogens (tertiary/aromatic N) is 2. The summed E-state index contributed by atoms with van der Waals surface area (Å²) >= 11 is 1.51. The van der Waals surface area contributed by atoms with E-state index >= 15 is 0 Å². The lowest BCUT2D eigenvalue weighted by molar-refractivity contribution is 0.276. The van der Waals surface area contributed by atoms with E-state index in [0.29, 0.717) is 6.04 Å². The number of hydrogen-bond acceptors (Lipinski definition) is 4. The van der Waals surface area contributed by atoms with Crippen LogP contribution in [0.15, 0.2) is 0 Å². The van der Waals surface area contributed by atoms with Crippen LogP contribution in [0, 0.1) is 12.3 Å². The van der Waals surface area contributed by atoms with E-state index in [9.17, 15) is 0 Å². The molecule has 86 valence electrons. The molecule has 0 saturated heterocycles. The first-order valence-corrected chi connectivity index (χ1v) is 6.26. The van der Waals surface area contributed by atoms with Gasteiger partial charge >= 0.3 is 0 Å². The van der Waals surface area contributed by atoms with Gasteiger partial charge in [-0.05, 0) is 36.8 Å². The van der Waals surface area contributed by atoms with Gasteiger partial charge in [0.1, 0.15) is 0 Å². The molecule has 0 aliphatic carbocycles. The van der Waals surface area contributed by atoms with Crippen molar-refractivity contribution in [2.75, 3.05) is 6.54 Å². The Kier molecular flexibility index (Phi) is 4.22. The maximum absolute atomic E-state index is 4.09. The molecule has 1 rings (SSSR count). The number of aryl methyl sites for hydroxylation is 1. The summed E-state index contributed by atoms with van der Waals surface area (Å²) in [4.78, 5) is 1.27. The zero-order valence-corrected chi connectivity index (χ0v) is 11.1. The third-order valence-corrected chi connectivity index (χ3v) is 3.30. The lowest BCUT2D eigenvalue weighted by atomic mass is 9.85. The minimum absolute atomic E-state index is 0.203. The van der Waals surface area contributed by atoms with Crippen LogP contribution < -0.4 is 5.32 Å². The Morgan fingerprint density at radius 1 is 1.40 bits per heavy atom. The molecule has 0 aliphatic heterocycles. The molecule has 0 bridgehead atoms. The Hall–Kier alpha value is -0.480. The average molecular weight is 227 g/mol. The Labute approximate surface area is 96.5 Å². The standard InChI is InChI=1S/C11H21N3S/c1-6-7-12-10(11(3,4)5)9-8(2)13-14-15-9/h10,12H,6-7H2,1-5H3. The summed E-state index contributed by atoms with van der Waals surface area (Å²) in [6.07, 6.45) is 1.15. The third-order valence-electron chi connectivity index (χ3n) is 2.41. The summed E-state index contributed by atoms with van der Waals surface area (Å²) in [6, 6.07) is 0.359. The van der Waals surface area contributed by atoms with Gasteiger partial charge in [0.25, 0.3) is 0 Å². The zero-order valence-electron chi connectivity index (χ0n) is 10.3. The minimum atomic E-state index is 0.203. The summed E-state index contributed by atoms with van der Waals surface area (Å²) in [5, 5.41) is 7.67. The highest BCUT2D eigenvalue weighted by Crippen LogP contribution is 2.35. The second kappa shape index (κ2) is 5.03. The summed E-state index contributed by atoms with van der Waals surface area (Å²) in [5.74, 6) is 0. The Bertz CT molecular complexity index is 301. The number of aromatic nitrogens is 2. The van der Waals surface area contributed by atoms with E-state index < -0.39 is 0 Å². The SMILES string of the molecule is CCCNC(c1snnc1C)C(C)(C)C. The summed E-state index contributed by atoms with van der Waals surface area (Å²) < 4.78 is 4.02. The lowest BCUT2D eigenvalue weighted by Gasteiger charge is -2.30. The van der Waals surface area contributed by atoms with Gasteiger partial charge in [0, 0.05) is 6.04 Å². The van der Waals surface area contributed by atoms with Crippen LogP contribution >= 0.6 is 11.5 Å². The van der Waals surface area contributed by atoms with E-state index in [1.165, 1.54) is 16.4 Å². The highest BCUT2D eigenvalue weighted by molar-refractivity contribution is 7.05. The highest BCUT2D eigenvalue weighted by Gasteiger charge is 2.28. The van der Waals surface area contributed by atoms with Crippen LogP contribution in [-0.4, -0.2) is 16.1 Å². The first-order chi connectivity index (χ1) is 6.96. The van der Waals surface area contributed by atoms with Crippen molar-refractivity contribution in [2.24, 2.45) is 5.41 Å². The van der Waals surface area contributed by atoms with Crippen LogP contribution in [0.25, 0.3) is 0 Å². The van der Waals surface area contributed by atoms with Crippen LogP contribution in [0.4, 0.5) is 0 Å². The maximum atomic E-state index is 4.09. The Balaban J connectivity index is 2.87. The lowest BCUT2D eigenvalue weighted by Crippen LogP contribution is -2.32. The largest absolute Gasteiger partial charge is 0.309 e. The van der Waals surface area contributed by atoms with Crippen LogP contribution in [0.5, 0.6) is 0 Å². The van der Waals surface area contributed by atoms with Crippen molar-refractivity contribution >= 4 is 11.5 Å². The van der Waals surface area contributed by atoms with Crippen molar-refractivity contribution in [3.63, 3.8) is 0 Å². The molecule has 4 heteroatoms. The summed E-state index contributed by atoms with van der Waals surface area (Å²) in [6.45, 7) is 12.0. The highest BCUT2D eigenvalue weighted by atomic mass is 32.1. The molecule has 3 nitrogen and oxygen atoms in total. The molecular weight excluding hydrogens is 206 g/mol. The molecule has 1 unspecified atom stereocenters. The van der Waals surface area contributed by atoms with Gasteiger partial charge in [0.2, 0.25) is 0 Å². The van der Waals surface area contributed by atoms with Gasteiger partial charge in [-0.15, -0.1) is 5.10 Å². The van der Waals surface area contributed by atoms with Gasteiger partial charge in [-0.25, -0.2) is 0 Å². The maximum Gasteiger partial charge on any atom is 0.0773 e. The molecular formula is C11H21N3S. The quantitative estimate of drug-likeness (QED) is 0.859.